The molecule has 3 rings (SSSR count). The van der Waals surface area contributed by atoms with Crippen molar-refractivity contribution in [2.75, 3.05) is 25.0 Å². The smallest absolute Gasteiger partial charge is 0.251 e. The molecule has 0 aromatic heterocycles. The Labute approximate surface area is 158 Å². The zero-order valence-electron chi connectivity index (χ0n) is 14.5. The number of benzene rings is 1. The van der Waals surface area contributed by atoms with Gasteiger partial charge in [0, 0.05) is 31.2 Å². The van der Waals surface area contributed by atoms with Crippen molar-refractivity contribution in [1.82, 2.24) is 4.90 Å². The van der Waals surface area contributed by atoms with E-state index in [9.17, 15) is 14.0 Å². The van der Waals surface area contributed by atoms with Crippen LogP contribution < -0.4 is 11.1 Å². The van der Waals surface area contributed by atoms with Gasteiger partial charge in [0.15, 0.2) is 0 Å². The van der Waals surface area contributed by atoms with Gasteiger partial charge in [0.05, 0.1) is 6.10 Å². The van der Waals surface area contributed by atoms with E-state index in [4.69, 9.17) is 10.5 Å². The van der Waals surface area contributed by atoms with Gasteiger partial charge in [-0.05, 0) is 49.9 Å². The summed E-state index contributed by atoms with van der Waals surface area (Å²) < 4.78 is 18.6. The van der Waals surface area contributed by atoms with Crippen LogP contribution in [0.3, 0.4) is 0 Å². The fourth-order valence-electron chi connectivity index (χ4n) is 3.40. The molecule has 6 nitrogen and oxygen atoms in total. The Kier molecular flexibility index (Phi) is 7.37. The Bertz CT molecular complexity index is 621. The summed E-state index contributed by atoms with van der Waals surface area (Å²) in [4.78, 5) is 26.6. The van der Waals surface area contributed by atoms with Gasteiger partial charge in [0.1, 0.15) is 11.9 Å². The molecule has 0 radical (unpaired) electrons. The number of ether oxygens (including phenoxy) is 1. The van der Waals surface area contributed by atoms with Crippen molar-refractivity contribution in [3.8, 4) is 0 Å². The lowest BCUT2D eigenvalue weighted by Gasteiger charge is -2.32. The fourth-order valence-corrected chi connectivity index (χ4v) is 3.40. The number of hydrogen-bond acceptors (Lipinski definition) is 4. The molecular formula is C18H25ClFN3O3. The van der Waals surface area contributed by atoms with Crippen molar-refractivity contribution in [2.45, 2.75) is 37.9 Å². The van der Waals surface area contributed by atoms with Crippen molar-refractivity contribution in [1.29, 1.82) is 0 Å². The zero-order chi connectivity index (χ0) is 17.8. The molecular weight excluding hydrogens is 361 g/mol. The van der Waals surface area contributed by atoms with E-state index in [-0.39, 0.29) is 42.1 Å². The molecule has 2 amide bonds. The molecule has 0 bridgehead atoms. The summed E-state index contributed by atoms with van der Waals surface area (Å²) in [6.07, 6.45) is 2.36. The van der Waals surface area contributed by atoms with Crippen LogP contribution in [0.2, 0.25) is 0 Å². The van der Waals surface area contributed by atoms with Crippen molar-refractivity contribution >= 4 is 29.9 Å². The second kappa shape index (κ2) is 9.30. The summed E-state index contributed by atoms with van der Waals surface area (Å²) in [6.45, 7) is 1.54. The number of nitrogens with one attached hydrogen (secondary N) is 1. The highest BCUT2D eigenvalue weighted by atomic mass is 35.5. The Balaban J connectivity index is 0.00000243. The normalized spacial score (nSPS) is 23.4. The third kappa shape index (κ3) is 4.93. The van der Waals surface area contributed by atoms with Gasteiger partial charge in [-0.15, -0.1) is 12.4 Å². The summed E-state index contributed by atoms with van der Waals surface area (Å²) in [6, 6.07) is 5.70. The van der Waals surface area contributed by atoms with Crippen LogP contribution in [0.5, 0.6) is 0 Å². The van der Waals surface area contributed by atoms with E-state index in [2.05, 4.69) is 5.32 Å². The van der Waals surface area contributed by atoms with Gasteiger partial charge in [0.2, 0.25) is 5.91 Å². The van der Waals surface area contributed by atoms with Gasteiger partial charge in [-0.3, -0.25) is 9.59 Å². The molecule has 2 aliphatic rings. The first-order valence-corrected chi connectivity index (χ1v) is 8.77. The first-order valence-electron chi connectivity index (χ1n) is 8.77. The first-order chi connectivity index (χ1) is 12.1. The SMILES string of the molecule is Cl.NC[C@H]1CC[C@@H](C(=O)N2CCC(C(=O)Nc3ccc(F)cc3)CC2)O1. The number of nitrogens with two attached hydrogens (primary N) is 1. The van der Waals surface area contributed by atoms with Gasteiger partial charge in [-0.25, -0.2) is 4.39 Å². The van der Waals surface area contributed by atoms with Crippen LogP contribution >= 0.6 is 12.4 Å². The van der Waals surface area contributed by atoms with E-state index in [1.54, 1.807) is 4.90 Å². The van der Waals surface area contributed by atoms with E-state index >= 15 is 0 Å². The van der Waals surface area contributed by atoms with E-state index in [1.165, 1.54) is 24.3 Å². The number of amides is 2. The molecule has 1 aromatic carbocycles. The van der Waals surface area contributed by atoms with Crippen LogP contribution in [0.1, 0.15) is 25.7 Å². The number of carbonyl (C=O) groups is 2. The molecule has 8 heteroatoms. The molecule has 26 heavy (non-hydrogen) atoms. The van der Waals surface area contributed by atoms with Crippen LogP contribution in [0.15, 0.2) is 24.3 Å². The number of anilines is 1. The fraction of sp³-hybridized carbons (Fsp3) is 0.556. The molecule has 0 unspecified atom stereocenters. The maximum absolute atomic E-state index is 12.9. The lowest BCUT2D eigenvalue weighted by molar-refractivity contribution is -0.145. The van der Waals surface area contributed by atoms with Crippen molar-refractivity contribution in [3.05, 3.63) is 30.1 Å². The van der Waals surface area contributed by atoms with Crippen LogP contribution in [-0.2, 0) is 14.3 Å². The molecule has 0 aliphatic carbocycles. The predicted octanol–water partition coefficient (Wildman–Crippen LogP) is 1.93. The molecule has 144 valence electrons. The van der Waals surface area contributed by atoms with E-state index in [1.807, 2.05) is 0 Å². The number of halogens is 2. The van der Waals surface area contributed by atoms with Crippen LogP contribution in [0, 0.1) is 11.7 Å². The summed E-state index contributed by atoms with van der Waals surface area (Å²) in [7, 11) is 0. The number of nitrogens with zero attached hydrogens (tertiary/aromatic N) is 1. The minimum absolute atomic E-state index is 0. The second-order valence-corrected chi connectivity index (χ2v) is 6.66. The monoisotopic (exact) mass is 385 g/mol. The van der Waals surface area contributed by atoms with Crippen molar-refractivity contribution in [2.24, 2.45) is 11.7 Å². The number of carbonyl (C=O) groups excluding carboxylic acids is 2. The second-order valence-electron chi connectivity index (χ2n) is 6.66. The van der Waals surface area contributed by atoms with E-state index < -0.39 is 6.10 Å². The van der Waals surface area contributed by atoms with Gasteiger partial charge in [-0.2, -0.15) is 0 Å². The number of likely N-dealkylation sites (tertiary alicyclic amines) is 1. The number of hydrogen-bond donors (Lipinski definition) is 2. The zero-order valence-corrected chi connectivity index (χ0v) is 15.3. The number of piperidine rings is 1. The Morgan fingerprint density at radius 2 is 1.81 bits per heavy atom. The largest absolute Gasteiger partial charge is 0.364 e. The van der Waals surface area contributed by atoms with E-state index in [0.29, 0.717) is 44.6 Å². The molecule has 2 heterocycles. The van der Waals surface area contributed by atoms with Crippen LogP contribution in [-0.4, -0.2) is 48.6 Å². The van der Waals surface area contributed by atoms with Crippen molar-refractivity contribution in [3.63, 3.8) is 0 Å². The molecule has 0 spiro atoms. The summed E-state index contributed by atoms with van der Waals surface area (Å²) in [5.74, 6) is -0.557. The molecule has 3 N–H and O–H groups in total. The molecule has 2 aliphatic heterocycles. The quantitative estimate of drug-likeness (QED) is 0.829. The average Bonchev–Trinajstić information content (AvgIpc) is 3.12. The van der Waals surface area contributed by atoms with Gasteiger partial charge in [0.25, 0.3) is 5.91 Å². The molecule has 2 atom stereocenters. The summed E-state index contributed by atoms with van der Waals surface area (Å²) >= 11 is 0. The topological polar surface area (TPSA) is 84.7 Å². The van der Waals surface area contributed by atoms with Crippen molar-refractivity contribution < 1.29 is 18.7 Å². The molecule has 0 saturated carbocycles. The van der Waals surface area contributed by atoms with Crippen LogP contribution in [0.4, 0.5) is 10.1 Å². The van der Waals surface area contributed by atoms with Gasteiger partial charge in [-0.1, -0.05) is 0 Å². The molecule has 2 saturated heterocycles. The Hall–Kier alpha value is -1.70. The first kappa shape index (κ1) is 20.6. The van der Waals surface area contributed by atoms with Gasteiger partial charge < -0.3 is 20.7 Å². The Morgan fingerprint density at radius 1 is 1.15 bits per heavy atom. The third-order valence-corrected chi connectivity index (χ3v) is 4.94. The van der Waals surface area contributed by atoms with Gasteiger partial charge >= 0.3 is 0 Å². The average molecular weight is 386 g/mol. The minimum Gasteiger partial charge on any atom is -0.364 e. The Morgan fingerprint density at radius 3 is 2.38 bits per heavy atom. The standard InChI is InChI=1S/C18H24FN3O3.ClH/c19-13-1-3-14(4-2-13)21-17(23)12-7-9-22(10-8-12)18(24)16-6-5-15(11-20)25-16;/h1-4,12,15-16H,5-11,20H2,(H,21,23);1H/t15-,16+;/m1./s1. The minimum atomic E-state index is -0.391. The lowest BCUT2D eigenvalue weighted by atomic mass is 9.95. The summed E-state index contributed by atoms with van der Waals surface area (Å²) in [5, 5.41) is 2.80. The maximum atomic E-state index is 12.9. The molecule has 1 aromatic rings. The van der Waals surface area contributed by atoms with Crippen LogP contribution in [0.25, 0.3) is 0 Å². The highest BCUT2D eigenvalue weighted by Gasteiger charge is 2.35. The lowest BCUT2D eigenvalue weighted by Crippen LogP contribution is -2.45. The number of rotatable bonds is 4. The highest BCUT2D eigenvalue weighted by Crippen LogP contribution is 2.24. The third-order valence-electron chi connectivity index (χ3n) is 4.94. The predicted molar refractivity (Wildman–Crippen MR) is 98.5 cm³/mol. The van der Waals surface area contributed by atoms with E-state index in [0.717, 1.165) is 6.42 Å². The highest BCUT2D eigenvalue weighted by molar-refractivity contribution is 5.92. The molecule has 2 fully saturated rings. The summed E-state index contributed by atoms with van der Waals surface area (Å²) in [5.41, 5.74) is 6.16. The maximum Gasteiger partial charge on any atom is 0.251 e.